The highest BCUT2D eigenvalue weighted by Crippen LogP contribution is 2.21. The number of ether oxygens (including phenoxy) is 3. The van der Waals surface area contributed by atoms with Crippen molar-refractivity contribution >= 4 is 5.97 Å². The van der Waals surface area contributed by atoms with Gasteiger partial charge in [-0.1, -0.05) is 18.2 Å². The molecular formula is C14H18O6. The molecule has 20 heavy (non-hydrogen) atoms. The Bertz CT molecular complexity index is 435. The molecule has 6 heteroatoms. The minimum Gasteiger partial charge on any atom is -0.462 e. The van der Waals surface area contributed by atoms with Crippen LogP contribution in [0.2, 0.25) is 0 Å². The first-order valence-corrected chi connectivity index (χ1v) is 6.36. The van der Waals surface area contributed by atoms with Gasteiger partial charge >= 0.3 is 5.97 Å². The molecule has 1 heterocycles. The van der Waals surface area contributed by atoms with Gasteiger partial charge in [0.2, 0.25) is 0 Å². The van der Waals surface area contributed by atoms with Crippen molar-refractivity contribution in [2.45, 2.75) is 18.5 Å². The van der Waals surface area contributed by atoms with Gasteiger partial charge in [0.05, 0.1) is 24.9 Å². The summed E-state index contributed by atoms with van der Waals surface area (Å²) >= 11 is 0. The molecule has 1 saturated heterocycles. The number of rotatable bonds is 4. The third-order valence-corrected chi connectivity index (χ3v) is 3.26. The molecule has 1 aromatic carbocycles. The third kappa shape index (κ3) is 3.34. The zero-order valence-corrected chi connectivity index (χ0v) is 11.1. The van der Waals surface area contributed by atoms with Gasteiger partial charge in [0.25, 0.3) is 0 Å². The number of benzene rings is 1. The molecule has 1 aliphatic rings. The highest BCUT2D eigenvalue weighted by molar-refractivity contribution is 5.89. The summed E-state index contributed by atoms with van der Waals surface area (Å²) in [5.41, 5.74) is 0.439. The van der Waals surface area contributed by atoms with Crippen molar-refractivity contribution in [3.05, 3.63) is 35.9 Å². The van der Waals surface area contributed by atoms with E-state index in [0.717, 1.165) is 0 Å². The van der Waals surface area contributed by atoms with Gasteiger partial charge in [-0.05, 0) is 12.1 Å². The van der Waals surface area contributed by atoms with Gasteiger partial charge in [0.1, 0.15) is 6.10 Å². The van der Waals surface area contributed by atoms with Gasteiger partial charge in [0, 0.05) is 13.0 Å². The fraction of sp³-hybridized carbons (Fsp3) is 0.500. The van der Waals surface area contributed by atoms with Gasteiger partial charge in [-0.2, -0.15) is 0 Å². The minimum absolute atomic E-state index is 0.0254. The number of methoxy groups -OCH3 is 1. The molecule has 0 radical (unpaired) electrons. The molecule has 2 rings (SSSR count). The summed E-state index contributed by atoms with van der Waals surface area (Å²) < 4.78 is 15.2. The molecule has 110 valence electrons. The second kappa shape index (κ2) is 6.81. The van der Waals surface area contributed by atoms with Crippen LogP contribution in [0.5, 0.6) is 0 Å². The Morgan fingerprint density at radius 2 is 2.00 bits per heavy atom. The smallest absolute Gasteiger partial charge is 0.338 e. The van der Waals surface area contributed by atoms with Crippen LogP contribution in [0.3, 0.4) is 0 Å². The first-order chi connectivity index (χ1) is 9.63. The monoisotopic (exact) mass is 282 g/mol. The maximum Gasteiger partial charge on any atom is 0.338 e. The Balaban J connectivity index is 1.87. The van der Waals surface area contributed by atoms with Crippen molar-refractivity contribution in [3.8, 4) is 0 Å². The van der Waals surface area contributed by atoms with Gasteiger partial charge in [-0.3, -0.25) is 0 Å². The average molecular weight is 282 g/mol. The number of hydrogen-bond acceptors (Lipinski definition) is 6. The van der Waals surface area contributed by atoms with Crippen LogP contribution >= 0.6 is 0 Å². The normalized spacial score (nSPS) is 29.9. The second-order valence-electron chi connectivity index (χ2n) is 4.64. The summed E-state index contributed by atoms with van der Waals surface area (Å²) in [5.74, 6) is -0.954. The maximum atomic E-state index is 11.8. The van der Waals surface area contributed by atoms with Crippen molar-refractivity contribution in [2.75, 3.05) is 20.3 Å². The van der Waals surface area contributed by atoms with E-state index in [1.807, 2.05) is 0 Å². The van der Waals surface area contributed by atoms with Gasteiger partial charge in [0.15, 0.2) is 6.29 Å². The highest BCUT2D eigenvalue weighted by atomic mass is 16.7. The number of hydrogen-bond donors (Lipinski definition) is 2. The van der Waals surface area contributed by atoms with Crippen LogP contribution in [0.1, 0.15) is 10.4 Å². The molecule has 6 nitrogen and oxygen atoms in total. The molecule has 3 unspecified atom stereocenters. The summed E-state index contributed by atoms with van der Waals surface area (Å²) in [4.78, 5) is 11.8. The molecule has 0 bridgehead atoms. The lowest BCUT2D eigenvalue weighted by molar-refractivity contribution is -0.253. The van der Waals surface area contributed by atoms with Crippen LogP contribution in [0.25, 0.3) is 0 Å². The van der Waals surface area contributed by atoms with Gasteiger partial charge < -0.3 is 24.4 Å². The molecule has 0 aliphatic carbocycles. The Labute approximate surface area is 116 Å². The summed E-state index contributed by atoms with van der Waals surface area (Å²) in [5, 5.41) is 19.7. The summed E-state index contributed by atoms with van der Waals surface area (Å²) in [7, 11) is 1.39. The summed E-state index contributed by atoms with van der Waals surface area (Å²) in [6.07, 6.45) is -3.07. The van der Waals surface area contributed by atoms with E-state index in [9.17, 15) is 15.0 Å². The zero-order chi connectivity index (χ0) is 14.5. The lowest BCUT2D eigenvalue weighted by Crippen LogP contribution is -2.52. The molecule has 0 spiro atoms. The Kier molecular flexibility index (Phi) is 5.08. The molecular weight excluding hydrogens is 264 g/mol. The van der Waals surface area contributed by atoms with E-state index in [4.69, 9.17) is 14.2 Å². The Morgan fingerprint density at radius 3 is 2.65 bits per heavy atom. The molecule has 2 N–H and O–H groups in total. The number of esters is 1. The van der Waals surface area contributed by atoms with Crippen LogP contribution in [0, 0.1) is 5.92 Å². The highest BCUT2D eigenvalue weighted by Gasteiger charge is 2.39. The van der Waals surface area contributed by atoms with E-state index < -0.39 is 30.4 Å². The first kappa shape index (κ1) is 14.9. The topological polar surface area (TPSA) is 85.2 Å². The Morgan fingerprint density at radius 1 is 1.30 bits per heavy atom. The molecule has 0 amide bonds. The average Bonchev–Trinajstić information content (AvgIpc) is 2.49. The molecule has 0 saturated carbocycles. The number of carbonyl (C=O) groups is 1. The van der Waals surface area contributed by atoms with E-state index in [1.165, 1.54) is 7.11 Å². The van der Waals surface area contributed by atoms with E-state index in [2.05, 4.69) is 0 Å². The van der Waals surface area contributed by atoms with Crippen molar-refractivity contribution in [3.63, 3.8) is 0 Å². The quantitative estimate of drug-likeness (QED) is 0.767. The van der Waals surface area contributed by atoms with Crippen molar-refractivity contribution in [2.24, 2.45) is 5.92 Å². The lowest BCUT2D eigenvalue weighted by atomic mass is 9.96. The van der Waals surface area contributed by atoms with Crippen molar-refractivity contribution < 1.29 is 29.2 Å². The predicted molar refractivity (Wildman–Crippen MR) is 69.0 cm³/mol. The lowest BCUT2D eigenvalue weighted by Gasteiger charge is -2.36. The second-order valence-corrected chi connectivity index (χ2v) is 4.64. The number of aliphatic hydroxyl groups is 2. The van der Waals surface area contributed by atoms with E-state index in [1.54, 1.807) is 30.3 Å². The Hall–Kier alpha value is -1.47. The summed E-state index contributed by atoms with van der Waals surface area (Å²) in [6.45, 7) is 0.126. The van der Waals surface area contributed by atoms with E-state index in [0.29, 0.717) is 5.56 Å². The van der Waals surface area contributed by atoms with Crippen molar-refractivity contribution in [1.82, 2.24) is 0 Å². The van der Waals surface area contributed by atoms with Crippen LogP contribution in [-0.2, 0) is 14.2 Å². The molecule has 1 fully saturated rings. The van der Waals surface area contributed by atoms with Crippen LogP contribution in [-0.4, -0.2) is 55.0 Å². The number of carbonyl (C=O) groups excluding carboxylic acids is 1. The van der Waals surface area contributed by atoms with Crippen LogP contribution in [0.4, 0.5) is 0 Å². The number of aliphatic hydroxyl groups excluding tert-OH is 2. The summed E-state index contributed by atoms with van der Waals surface area (Å²) in [6, 6.07) is 8.57. The zero-order valence-electron chi connectivity index (χ0n) is 11.1. The van der Waals surface area contributed by atoms with Gasteiger partial charge in [-0.25, -0.2) is 4.79 Å². The van der Waals surface area contributed by atoms with Gasteiger partial charge in [-0.15, -0.1) is 0 Å². The largest absolute Gasteiger partial charge is 0.462 e. The minimum atomic E-state index is -1.16. The van der Waals surface area contributed by atoms with Crippen LogP contribution in [0.15, 0.2) is 30.3 Å². The standard InChI is InChI=1S/C14H18O6/c1-18-14-12(16)11(15)10(8-20-14)7-19-13(17)9-5-3-2-4-6-9/h2-6,10-12,14-16H,7-8H2,1H3/t10-,11?,12?,14?/m1/s1. The molecule has 4 atom stereocenters. The van der Waals surface area contributed by atoms with Crippen molar-refractivity contribution in [1.29, 1.82) is 0 Å². The maximum absolute atomic E-state index is 11.8. The fourth-order valence-corrected chi connectivity index (χ4v) is 2.05. The van der Waals surface area contributed by atoms with Crippen LogP contribution < -0.4 is 0 Å². The fourth-order valence-electron chi connectivity index (χ4n) is 2.05. The SMILES string of the molecule is COC1OC[C@@H](COC(=O)c2ccccc2)C(O)C1O. The third-order valence-electron chi connectivity index (χ3n) is 3.26. The first-order valence-electron chi connectivity index (χ1n) is 6.36. The molecule has 0 aromatic heterocycles. The van der Waals surface area contributed by atoms with E-state index in [-0.39, 0.29) is 13.2 Å². The predicted octanol–water partition coefficient (Wildman–Crippen LogP) is 0.184. The molecule has 1 aromatic rings. The van der Waals surface area contributed by atoms with E-state index >= 15 is 0 Å². The molecule has 1 aliphatic heterocycles.